The number of hydrogen-bond acceptors (Lipinski definition) is 8. The number of rotatable bonds is 5. The summed E-state index contributed by atoms with van der Waals surface area (Å²) >= 11 is 1.63. The van der Waals surface area contributed by atoms with Crippen molar-refractivity contribution in [3.05, 3.63) is 44.4 Å². The minimum Gasteiger partial charge on any atom is -0.378 e. The number of nitrogens with zero attached hydrogens (tertiary/aromatic N) is 4. The minimum absolute atomic E-state index is 0.0333. The predicted molar refractivity (Wildman–Crippen MR) is 90.5 cm³/mol. The number of anilines is 2. The number of nitrogen functional groups attached to an aromatic ring is 1. The van der Waals surface area contributed by atoms with Crippen LogP contribution in [0.4, 0.5) is 17.3 Å². The Kier molecular flexibility index (Phi) is 4.29. The van der Waals surface area contributed by atoms with Crippen molar-refractivity contribution in [3.8, 4) is 0 Å². The van der Waals surface area contributed by atoms with Gasteiger partial charge in [0.1, 0.15) is 6.33 Å². The van der Waals surface area contributed by atoms with Crippen molar-refractivity contribution in [2.24, 2.45) is 5.10 Å². The first kappa shape index (κ1) is 15.1. The van der Waals surface area contributed by atoms with Crippen LogP contribution in [0.25, 0.3) is 5.57 Å². The Morgan fingerprint density at radius 3 is 3.04 bits per heavy atom. The molecule has 23 heavy (non-hydrogen) atoms. The average molecular weight is 330 g/mol. The van der Waals surface area contributed by atoms with Crippen molar-refractivity contribution in [2.45, 2.75) is 19.3 Å². The molecule has 0 atom stereocenters. The van der Waals surface area contributed by atoms with Crippen molar-refractivity contribution in [3.63, 3.8) is 0 Å². The van der Waals surface area contributed by atoms with Gasteiger partial charge in [-0.25, -0.2) is 9.97 Å². The van der Waals surface area contributed by atoms with Crippen molar-refractivity contribution in [1.29, 1.82) is 0 Å². The maximum Gasteiger partial charge on any atom is 0.354 e. The molecule has 0 bridgehead atoms. The highest BCUT2D eigenvalue weighted by molar-refractivity contribution is 7.14. The van der Waals surface area contributed by atoms with Crippen LogP contribution in [0.3, 0.4) is 0 Å². The summed E-state index contributed by atoms with van der Waals surface area (Å²) in [4.78, 5) is 19.9. The monoisotopic (exact) mass is 330 g/mol. The third-order valence-corrected chi connectivity index (χ3v) is 4.48. The Bertz CT molecular complexity index is 798. The van der Waals surface area contributed by atoms with E-state index >= 15 is 0 Å². The van der Waals surface area contributed by atoms with Gasteiger partial charge in [-0.1, -0.05) is 6.08 Å². The maximum absolute atomic E-state index is 11.0. The third-order valence-electron chi connectivity index (χ3n) is 3.38. The minimum atomic E-state index is -0.636. The number of allylic oxidation sites excluding steroid dienone is 2. The molecule has 0 fully saturated rings. The molecule has 1 aliphatic carbocycles. The first-order valence-electron chi connectivity index (χ1n) is 6.98. The summed E-state index contributed by atoms with van der Waals surface area (Å²) in [6.45, 7) is 0. The molecule has 2 aromatic heterocycles. The predicted octanol–water partition coefficient (Wildman–Crippen LogP) is 3.04. The van der Waals surface area contributed by atoms with E-state index < -0.39 is 4.92 Å². The fourth-order valence-corrected chi connectivity index (χ4v) is 3.25. The summed E-state index contributed by atoms with van der Waals surface area (Å²) in [5.74, 6) is -0.233. The van der Waals surface area contributed by atoms with Gasteiger partial charge in [0.25, 0.3) is 0 Å². The Morgan fingerprint density at radius 1 is 1.43 bits per heavy atom. The Morgan fingerprint density at radius 2 is 2.30 bits per heavy atom. The average Bonchev–Trinajstić information content (AvgIpc) is 3.18. The van der Waals surface area contributed by atoms with Gasteiger partial charge < -0.3 is 5.73 Å². The lowest BCUT2D eigenvalue weighted by molar-refractivity contribution is -0.383. The molecule has 2 heterocycles. The highest BCUT2D eigenvalue weighted by Gasteiger charge is 2.20. The van der Waals surface area contributed by atoms with E-state index in [-0.39, 0.29) is 17.3 Å². The summed E-state index contributed by atoms with van der Waals surface area (Å²) in [7, 11) is 0. The zero-order valence-electron chi connectivity index (χ0n) is 12.1. The summed E-state index contributed by atoms with van der Waals surface area (Å²) in [6.07, 6.45) is 8.47. The normalized spacial score (nSPS) is 14.2. The molecular weight excluding hydrogens is 316 g/mol. The fraction of sp³-hybridized carbons (Fsp3) is 0.214. The van der Waals surface area contributed by atoms with E-state index in [1.165, 1.54) is 16.9 Å². The molecule has 3 rings (SSSR count). The summed E-state index contributed by atoms with van der Waals surface area (Å²) in [5, 5.41) is 15.0. The molecular formula is C14H14N6O2S. The highest BCUT2D eigenvalue weighted by Crippen LogP contribution is 2.32. The first-order chi connectivity index (χ1) is 11.1. The van der Waals surface area contributed by atoms with Crippen LogP contribution < -0.4 is 11.2 Å². The van der Waals surface area contributed by atoms with Crippen LogP contribution in [0.2, 0.25) is 0 Å². The third kappa shape index (κ3) is 3.34. The molecule has 2 aromatic rings. The van der Waals surface area contributed by atoms with Gasteiger partial charge in [-0.2, -0.15) is 5.10 Å². The molecule has 3 N–H and O–H groups in total. The zero-order chi connectivity index (χ0) is 16.2. The molecule has 0 amide bonds. The molecule has 0 saturated carbocycles. The molecule has 8 nitrogen and oxygen atoms in total. The smallest absolute Gasteiger partial charge is 0.354 e. The van der Waals surface area contributed by atoms with E-state index in [4.69, 9.17) is 5.73 Å². The standard InChI is InChI=1S/C14H14N6O2S/c15-13-12(20(21)22)14(17-8-16-13)19-18-7-10-5-6-11(23-10)9-3-1-2-4-9/h3,5-8H,1-2,4H2,(H3,15,16,17,19). The topological polar surface area (TPSA) is 119 Å². The van der Waals surface area contributed by atoms with Crippen LogP contribution in [-0.4, -0.2) is 21.1 Å². The number of nitro groups is 1. The van der Waals surface area contributed by atoms with Gasteiger partial charge in [-0.05, 0) is 37.0 Å². The van der Waals surface area contributed by atoms with Crippen molar-refractivity contribution >= 4 is 40.4 Å². The number of nitrogens with two attached hydrogens (primary N) is 1. The molecule has 0 spiro atoms. The molecule has 0 aromatic carbocycles. The zero-order valence-corrected chi connectivity index (χ0v) is 12.9. The van der Waals surface area contributed by atoms with E-state index in [1.807, 2.05) is 6.07 Å². The van der Waals surface area contributed by atoms with E-state index in [2.05, 4.69) is 32.6 Å². The lowest BCUT2D eigenvalue weighted by atomic mass is 10.2. The van der Waals surface area contributed by atoms with Crippen molar-refractivity contribution in [1.82, 2.24) is 9.97 Å². The van der Waals surface area contributed by atoms with E-state index in [0.717, 1.165) is 24.0 Å². The van der Waals surface area contributed by atoms with Gasteiger partial charge in [0.15, 0.2) is 0 Å². The van der Waals surface area contributed by atoms with Crippen molar-refractivity contribution in [2.75, 3.05) is 11.2 Å². The molecule has 0 radical (unpaired) electrons. The number of hydrazone groups is 1. The van der Waals surface area contributed by atoms with Crippen LogP contribution in [0.15, 0.2) is 29.6 Å². The quantitative estimate of drug-likeness (QED) is 0.494. The second-order valence-corrected chi connectivity index (χ2v) is 6.02. The Labute approximate surface area is 135 Å². The first-order valence-corrected chi connectivity index (χ1v) is 7.80. The Hall–Kier alpha value is -2.81. The maximum atomic E-state index is 11.0. The molecule has 9 heteroatoms. The highest BCUT2D eigenvalue weighted by atomic mass is 32.1. The number of thiophene rings is 1. The fourth-order valence-electron chi connectivity index (χ4n) is 2.30. The lowest BCUT2D eigenvalue weighted by Gasteiger charge is -2.01. The summed E-state index contributed by atoms with van der Waals surface area (Å²) < 4.78 is 0. The van der Waals surface area contributed by atoms with Gasteiger partial charge in [0, 0.05) is 9.75 Å². The number of hydrogen-bond donors (Lipinski definition) is 2. The molecule has 1 aliphatic rings. The van der Waals surface area contributed by atoms with Crippen LogP contribution in [0.1, 0.15) is 29.0 Å². The molecule has 118 valence electrons. The van der Waals surface area contributed by atoms with Gasteiger partial charge in [-0.3, -0.25) is 15.5 Å². The lowest BCUT2D eigenvalue weighted by Crippen LogP contribution is -2.04. The number of aromatic nitrogens is 2. The molecule has 0 unspecified atom stereocenters. The largest absolute Gasteiger partial charge is 0.378 e. The van der Waals surface area contributed by atoms with E-state index in [1.54, 1.807) is 17.6 Å². The van der Waals surface area contributed by atoms with Crippen LogP contribution >= 0.6 is 11.3 Å². The van der Waals surface area contributed by atoms with Gasteiger partial charge >= 0.3 is 5.69 Å². The van der Waals surface area contributed by atoms with E-state index in [0.29, 0.717) is 0 Å². The molecule has 0 aliphatic heterocycles. The molecule has 0 saturated heterocycles. The van der Waals surface area contributed by atoms with Gasteiger partial charge in [-0.15, -0.1) is 11.3 Å². The number of nitrogens with one attached hydrogen (secondary N) is 1. The van der Waals surface area contributed by atoms with Gasteiger partial charge in [0.05, 0.1) is 11.1 Å². The Balaban J connectivity index is 1.72. The second-order valence-electron chi connectivity index (χ2n) is 4.91. The SMILES string of the molecule is Nc1ncnc(NN=Cc2ccc(C3=CCCC3)s2)c1[N+](=O)[O-]. The van der Waals surface area contributed by atoms with Crippen LogP contribution in [-0.2, 0) is 0 Å². The summed E-state index contributed by atoms with van der Waals surface area (Å²) in [5.41, 5.74) is 9.04. The van der Waals surface area contributed by atoms with Gasteiger partial charge in [0.2, 0.25) is 11.6 Å². The second kappa shape index (κ2) is 6.53. The van der Waals surface area contributed by atoms with E-state index in [9.17, 15) is 10.1 Å². The summed E-state index contributed by atoms with van der Waals surface area (Å²) in [6, 6.07) is 4.03. The van der Waals surface area contributed by atoms with Crippen LogP contribution in [0.5, 0.6) is 0 Å². The van der Waals surface area contributed by atoms with Crippen LogP contribution in [0, 0.1) is 10.1 Å². The van der Waals surface area contributed by atoms with Crippen molar-refractivity contribution < 1.29 is 4.92 Å².